The maximum absolute atomic E-state index is 13.9. The molecule has 0 saturated carbocycles. The van der Waals surface area contributed by atoms with Gasteiger partial charge in [0.25, 0.3) is 0 Å². The summed E-state index contributed by atoms with van der Waals surface area (Å²) in [4.78, 5) is 14.0. The number of rotatable bonds is 12. The van der Waals surface area contributed by atoms with Crippen molar-refractivity contribution in [2.75, 3.05) is 26.3 Å². The lowest BCUT2D eigenvalue weighted by molar-refractivity contribution is -0.143. The molecule has 1 heterocycles. The molecule has 1 aliphatic rings. The van der Waals surface area contributed by atoms with E-state index in [1.54, 1.807) is 26.0 Å². The molecule has 0 radical (unpaired) electrons. The molecule has 0 aromatic heterocycles. The average molecular weight is 490 g/mol. The number of benzene rings is 2. The van der Waals surface area contributed by atoms with E-state index in [9.17, 15) is 18.7 Å². The van der Waals surface area contributed by atoms with Gasteiger partial charge in [-0.2, -0.15) is 0 Å². The van der Waals surface area contributed by atoms with E-state index in [-0.39, 0.29) is 42.8 Å². The number of nitrogens with zero attached hydrogens (tertiary/aromatic N) is 1. The Morgan fingerprint density at radius 2 is 2.03 bits per heavy atom. The van der Waals surface area contributed by atoms with Crippen LogP contribution in [0.4, 0.5) is 8.78 Å². The summed E-state index contributed by atoms with van der Waals surface area (Å²) in [5.74, 6) is -0.870. The van der Waals surface area contributed by atoms with Crippen LogP contribution in [0, 0.1) is 18.6 Å². The van der Waals surface area contributed by atoms with Crippen molar-refractivity contribution >= 4 is 5.97 Å². The molecule has 192 valence electrons. The van der Waals surface area contributed by atoms with Crippen LogP contribution in [0.2, 0.25) is 0 Å². The van der Waals surface area contributed by atoms with Gasteiger partial charge in [0.1, 0.15) is 11.6 Å². The van der Waals surface area contributed by atoms with Crippen LogP contribution in [0.3, 0.4) is 0 Å². The van der Waals surface area contributed by atoms with Crippen molar-refractivity contribution in [3.8, 4) is 0 Å². The largest absolute Gasteiger partial charge is 0.466 e. The van der Waals surface area contributed by atoms with Crippen LogP contribution in [0.1, 0.15) is 61.5 Å². The van der Waals surface area contributed by atoms with Crippen molar-refractivity contribution < 1.29 is 28.2 Å². The third-order valence-corrected chi connectivity index (χ3v) is 6.64. The molecule has 5 nitrogen and oxygen atoms in total. The highest BCUT2D eigenvalue weighted by Crippen LogP contribution is 2.25. The van der Waals surface area contributed by atoms with E-state index in [1.165, 1.54) is 12.1 Å². The summed E-state index contributed by atoms with van der Waals surface area (Å²) in [6.45, 7) is 7.18. The van der Waals surface area contributed by atoms with Gasteiger partial charge in [-0.05, 0) is 93.5 Å². The zero-order valence-electron chi connectivity index (χ0n) is 20.9. The van der Waals surface area contributed by atoms with Crippen LogP contribution in [0.25, 0.3) is 0 Å². The number of carbonyl (C=O) groups excluding carboxylic acids is 1. The van der Waals surface area contributed by atoms with Crippen LogP contribution < -0.4 is 0 Å². The van der Waals surface area contributed by atoms with E-state index >= 15 is 0 Å². The van der Waals surface area contributed by atoms with Gasteiger partial charge in [0.2, 0.25) is 0 Å². The van der Waals surface area contributed by atoms with E-state index in [0.29, 0.717) is 30.7 Å². The molecule has 0 bridgehead atoms. The van der Waals surface area contributed by atoms with E-state index in [0.717, 1.165) is 36.9 Å². The molecule has 2 aromatic rings. The van der Waals surface area contributed by atoms with Gasteiger partial charge in [0.05, 0.1) is 25.4 Å². The number of esters is 1. The molecule has 1 fully saturated rings. The maximum Gasteiger partial charge on any atom is 0.306 e. The van der Waals surface area contributed by atoms with Crippen LogP contribution in [0.15, 0.2) is 36.4 Å². The lowest BCUT2D eigenvalue weighted by Gasteiger charge is -2.28. The second-order valence-electron chi connectivity index (χ2n) is 9.36. The highest BCUT2D eigenvalue weighted by molar-refractivity contribution is 5.69. The Labute approximate surface area is 207 Å². The number of aliphatic hydroxyl groups is 1. The lowest BCUT2D eigenvalue weighted by atomic mass is 9.99. The Hall–Kier alpha value is -2.35. The Morgan fingerprint density at radius 3 is 2.77 bits per heavy atom. The normalized spacial score (nSPS) is 17.9. The van der Waals surface area contributed by atoms with Gasteiger partial charge >= 0.3 is 5.97 Å². The fourth-order valence-corrected chi connectivity index (χ4v) is 4.73. The zero-order chi connectivity index (χ0) is 25.4. The summed E-state index contributed by atoms with van der Waals surface area (Å²) in [5, 5.41) is 10.7. The molecule has 1 saturated heterocycles. The monoisotopic (exact) mass is 489 g/mol. The number of hydrogen-bond donors (Lipinski definition) is 1. The lowest BCUT2D eigenvalue weighted by Crippen LogP contribution is -2.39. The van der Waals surface area contributed by atoms with E-state index in [2.05, 4.69) is 4.90 Å². The molecule has 35 heavy (non-hydrogen) atoms. The number of likely N-dealkylation sites (tertiary alicyclic amines) is 1. The van der Waals surface area contributed by atoms with Gasteiger partial charge in [-0.3, -0.25) is 9.69 Å². The topological polar surface area (TPSA) is 59.0 Å². The smallest absolute Gasteiger partial charge is 0.306 e. The number of halogens is 2. The molecule has 7 heteroatoms. The number of hydrogen-bond acceptors (Lipinski definition) is 5. The molecule has 2 aromatic carbocycles. The fourth-order valence-electron chi connectivity index (χ4n) is 4.73. The van der Waals surface area contributed by atoms with Gasteiger partial charge in [0.15, 0.2) is 0 Å². The summed E-state index contributed by atoms with van der Waals surface area (Å²) in [6, 6.07) is 10.1. The molecule has 3 rings (SSSR count). The Balaban J connectivity index is 1.53. The molecule has 0 aliphatic carbocycles. The molecule has 0 spiro atoms. The first-order chi connectivity index (χ1) is 16.8. The molecule has 1 aliphatic heterocycles. The minimum atomic E-state index is -0.684. The summed E-state index contributed by atoms with van der Waals surface area (Å²) in [6.07, 6.45) is 2.28. The van der Waals surface area contributed by atoms with Gasteiger partial charge in [-0.25, -0.2) is 8.78 Å². The minimum absolute atomic E-state index is 0.137. The first kappa shape index (κ1) is 27.2. The summed E-state index contributed by atoms with van der Waals surface area (Å²) < 4.78 is 38.7. The van der Waals surface area contributed by atoms with Crippen molar-refractivity contribution in [3.05, 3.63) is 70.3 Å². The molecule has 0 amide bonds. The van der Waals surface area contributed by atoms with E-state index < -0.39 is 6.10 Å². The van der Waals surface area contributed by atoms with Crippen molar-refractivity contribution in [2.45, 2.75) is 71.1 Å². The molecule has 1 N–H and O–H groups in total. The molecule has 3 atom stereocenters. The Morgan fingerprint density at radius 1 is 1.23 bits per heavy atom. The van der Waals surface area contributed by atoms with E-state index in [1.807, 2.05) is 19.1 Å². The predicted octanol–water partition coefficient (Wildman–Crippen LogP) is 4.91. The van der Waals surface area contributed by atoms with Crippen LogP contribution in [-0.2, 0) is 27.1 Å². The summed E-state index contributed by atoms with van der Waals surface area (Å²) in [5.41, 5.74) is 3.10. The predicted molar refractivity (Wildman–Crippen MR) is 131 cm³/mol. The molecular weight excluding hydrogens is 452 g/mol. The van der Waals surface area contributed by atoms with Gasteiger partial charge in [-0.1, -0.05) is 18.2 Å². The Bertz CT molecular complexity index is 983. The second kappa shape index (κ2) is 13.1. The average Bonchev–Trinajstić information content (AvgIpc) is 3.25. The Kier molecular flexibility index (Phi) is 10.2. The molecule has 0 unspecified atom stereocenters. The van der Waals surface area contributed by atoms with Crippen LogP contribution in [-0.4, -0.2) is 54.4 Å². The summed E-state index contributed by atoms with van der Waals surface area (Å²) >= 11 is 0. The van der Waals surface area contributed by atoms with Crippen molar-refractivity contribution in [1.82, 2.24) is 4.90 Å². The third-order valence-electron chi connectivity index (χ3n) is 6.64. The van der Waals surface area contributed by atoms with Crippen molar-refractivity contribution in [2.24, 2.45) is 0 Å². The SMILES string of the molecule is CCOC(=O)CCc1cc(F)ccc1[C@@H](C)OC[C@H](O)CN1CCC[C@H]1Cc1ccc(C)c(F)c1. The van der Waals surface area contributed by atoms with Gasteiger partial charge < -0.3 is 14.6 Å². The van der Waals surface area contributed by atoms with Crippen molar-refractivity contribution in [3.63, 3.8) is 0 Å². The highest BCUT2D eigenvalue weighted by Gasteiger charge is 2.27. The molecular formula is C28H37F2NO4. The number of aryl methyl sites for hydroxylation is 2. The summed E-state index contributed by atoms with van der Waals surface area (Å²) in [7, 11) is 0. The third kappa shape index (κ3) is 8.09. The van der Waals surface area contributed by atoms with Gasteiger partial charge in [0, 0.05) is 19.0 Å². The number of β-amino-alcohol motifs (C(OH)–C–C–N with tert-alkyl or cyclic N) is 1. The number of aliphatic hydroxyl groups excluding tert-OH is 1. The second-order valence-corrected chi connectivity index (χ2v) is 9.36. The standard InChI is InChI=1S/C28H37F2NO4/c1-4-34-28(33)12-9-22-16-23(29)10-11-26(22)20(3)35-18-25(32)17-31-13-5-6-24(31)14-21-8-7-19(2)27(30)15-21/h7-8,10-11,15-16,20,24-25,32H,4-6,9,12-14,17-18H2,1-3H3/t20-,24+,25-/m1/s1. The first-order valence-electron chi connectivity index (χ1n) is 12.5. The number of ether oxygens (including phenoxy) is 2. The first-order valence-corrected chi connectivity index (χ1v) is 12.5. The fraction of sp³-hybridized carbons (Fsp3) is 0.536. The van der Waals surface area contributed by atoms with Gasteiger partial charge in [-0.15, -0.1) is 0 Å². The highest BCUT2D eigenvalue weighted by atomic mass is 19.1. The van der Waals surface area contributed by atoms with Crippen LogP contribution in [0.5, 0.6) is 0 Å². The maximum atomic E-state index is 13.9. The number of carbonyl (C=O) groups is 1. The zero-order valence-corrected chi connectivity index (χ0v) is 20.9. The van der Waals surface area contributed by atoms with Crippen LogP contribution >= 0.6 is 0 Å². The van der Waals surface area contributed by atoms with E-state index in [4.69, 9.17) is 9.47 Å². The quantitative estimate of drug-likeness (QED) is 0.429. The minimum Gasteiger partial charge on any atom is -0.466 e. The van der Waals surface area contributed by atoms with Crippen molar-refractivity contribution in [1.29, 1.82) is 0 Å².